The van der Waals surface area contributed by atoms with Gasteiger partial charge in [-0.3, -0.25) is 0 Å². The van der Waals surface area contributed by atoms with Crippen molar-refractivity contribution in [2.24, 2.45) is 5.41 Å². The van der Waals surface area contributed by atoms with Crippen molar-refractivity contribution in [3.8, 4) is 0 Å². The van der Waals surface area contributed by atoms with Crippen LogP contribution in [0.3, 0.4) is 0 Å². The highest BCUT2D eigenvalue weighted by Crippen LogP contribution is 2.27. The highest BCUT2D eigenvalue weighted by atomic mass is 16.3. The summed E-state index contributed by atoms with van der Waals surface area (Å²) in [6, 6.07) is 0. The summed E-state index contributed by atoms with van der Waals surface area (Å²) < 4.78 is 0. The second-order valence-corrected chi connectivity index (χ2v) is 6.44. The predicted octanol–water partition coefficient (Wildman–Crippen LogP) is 5.52. The third kappa shape index (κ3) is 9.94. The number of aliphatic hydroxyl groups excluding tert-OH is 1. The lowest BCUT2D eigenvalue weighted by atomic mass is 9.82. The Morgan fingerprint density at radius 2 is 1.22 bits per heavy atom. The summed E-state index contributed by atoms with van der Waals surface area (Å²) in [6.07, 6.45) is 14.4. The maximum absolute atomic E-state index is 9.51. The number of rotatable bonds is 12. The Balaban J connectivity index is 3.21. The van der Waals surface area contributed by atoms with Crippen molar-refractivity contribution >= 4 is 0 Å². The standard InChI is InChI=1S/C17H35O/c1-5-6-7-8-9-10-11-12-13-14-15-17(3,4)16(2)18/h16,18H,2,5-15H2,1,3-4H3. The van der Waals surface area contributed by atoms with Crippen molar-refractivity contribution in [2.45, 2.75) is 97.5 Å². The van der Waals surface area contributed by atoms with Gasteiger partial charge in [0, 0.05) is 0 Å². The van der Waals surface area contributed by atoms with Crippen molar-refractivity contribution in [3.63, 3.8) is 0 Å². The van der Waals surface area contributed by atoms with Gasteiger partial charge in [-0.1, -0.05) is 85.0 Å². The van der Waals surface area contributed by atoms with Crippen LogP contribution in [0.2, 0.25) is 0 Å². The first-order valence-electron chi connectivity index (χ1n) is 8.02. The molecule has 0 bridgehead atoms. The minimum Gasteiger partial charge on any atom is -0.393 e. The molecule has 0 aromatic heterocycles. The first-order valence-corrected chi connectivity index (χ1v) is 8.02. The van der Waals surface area contributed by atoms with E-state index in [4.69, 9.17) is 0 Å². The highest BCUT2D eigenvalue weighted by molar-refractivity contribution is 4.78. The Hall–Kier alpha value is -0.0400. The van der Waals surface area contributed by atoms with Crippen molar-refractivity contribution in [1.82, 2.24) is 0 Å². The first-order chi connectivity index (χ1) is 8.50. The van der Waals surface area contributed by atoms with E-state index in [1.165, 1.54) is 64.2 Å². The van der Waals surface area contributed by atoms with Gasteiger partial charge in [-0.2, -0.15) is 0 Å². The van der Waals surface area contributed by atoms with E-state index in [-0.39, 0.29) is 5.41 Å². The van der Waals surface area contributed by atoms with Gasteiger partial charge in [-0.05, 0) is 18.8 Å². The molecule has 18 heavy (non-hydrogen) atoms. The van der Waals surface area contributed by atoms with Crippen LogP contribution in [0.5, 0.6) is 0 Å². The van der Waals surface area contributed by atoms with Gasteiger partial charge in [0.2, 0.25) is 0 Å². The molecule has 0 aliphatic carbocycles. The Morgan fingerprint density at radius 1 is 0.833 bits per heavy atom. The van der Waals surface area contributed by atoms with Crippen LogP contribution in [0, 0.1) is 12.3 Å². The van der Waals surface area contributed by atoms with Crippen LogP contribution in [0.4, 0.5) is 0 Å². The van der Waals surface area contributed by atoms with E-state index in [0.29, 0.717) is 0 Å². The lowest BCUT2D eigenvalue weighted by molar-refractivity contribution is 0.0788. The summed E-state index contributed by atoms with van der Waals surface area (Å²) in [5.74, 6) is 0. The maximum Gasteiger partial charge on any atom is 0.0592 e. The Morgan fingerprint density at radius 3 is 1.61 bits per heavy atom. The molecule has 1 nitrogen and oxygen atoms in total. The summed E-state index contributed by atoms with van der Waals surface area (Å²) in [5.41, 5.74) is -0.0137. The van der Waals surface area contributed by atoms with E-state index >= 15 is 0 Å². The molecule has 1 atom stereocenters. The van der Waals surface area contributed by atoms with Crippen molar-refractivity contribution in [2.75, 3.05) is 0 Å². The maximum atomic E-state index is 9.51. The molecule has 0 aromatic carbocycles. The molecule has 0 saturated carbocycles. The van der Waals surface area contributed by atoms with Crippen LogP contribution in [0.15, 0.2) is 0 Å². The average molecular weight is 255 g/mol. The van der Waals surface area contributed by atoms with E-state index in [9.17, 15) is 5.11 Å². The summed E-state index contributed by atoms with van der Waals surface area (Å²) in [4.78, 5) is 0. The zero-order valence-electron chi connectivity index (χ0n) is 13.0. The highest BCUT2D eigenvalue weighted by Gasteiger charge is 2.22. The summed E-state index contributed by atoms with van der Waals surface area (Å²) in [7, 11) is 0. The van der Waals surface area contributed by atoms with E-state index in [0.717, 1.165) is 6.42 Å². The molecule has 0 fully saturated rings. The fraction of sp³-hybridized carbons (Fsp3) is 0.941. The molecule has 1 radical (unpaired) electrons. The van der Waals surface area contributed by atoms with Crippen LogP contribution in [-0.4, -0.2) is 11.2 Å². The SMILES string of the molecule is [CH2]C(O)C(C)(C)CCCCCCCCCCCC. The number of aliphatic hydroxyl groups is 1. The average Bonchev–Trinajstić information content (AvgIpc) is 2.31. The van der Waals surface area contributed by atoms with E-state index in [1.807, 2.05) is 0 Å². The third-order valence-electron chi connectivity index (χ3n) is 4.08. The fourth-order valence-corrected chi connectivity index (χ4v) is 2.23. The van der Waals surface area contributed by atoms with Gasteiger partial charge < -0.3 is 5.11 Å². The van der Waals surface area contributed by atoms with E-state index in [1.54, 1.807) is 0 Å². The molecule has 1 unspecified atom stereocenters. The van der Waals surface area contributed by atoms with Gasteiger partial charge in [-0.25, -0.2) is 0 Å². The van der Waals surface area contributed by atoms with Gasteiger partial charge in [0.25, 0.3) is 0 Å². The second-order valence-electron chi connectivity index (χ2n) is 6.44. The van der Waals surface area contributed by atoms with E-state index in [2.05, 4.69) is 27.7 Å². The quantitative estimate of drug-likeness (QED) is 0.455. The monoisotopic (exact) mass is 255 g/mol. The molecule has 0 saturated heterocycles. The zero-order valence-corrected chi connectivity index (χ0v) is 13.0. The third-order valence-corrected chi connectivity index (χ3v) is 4.08. The molecule has 1 heteroatoms. The molecule has 109 valence electrons. The van der Waals surface area contributed by atoms with Crippen molar-refractivity contribution < 1.29 is 5.11 Å². The Labute approximate surface area is 115 Å². The molecule has 0 heterocycles. The lowest BCUT2D eigenvalue weighted by Gasteiger charge is -2.27. The van der Waals surface area contributed by atoms with Gasteiger partial charge in [0.05, 0.1) is 6.10 Å². The fourth-order valence-electron chi connectivity index (χ4n) is 2.23. The van der Waals surface area contributed by atoms with Crippen molar-refractivity contribution in [3.05, 3.63) is 6.92 Å². The normalized spacial score (nSPS) is 13.8. The van der Waals surface area contributed by atoms with Gasteiger partial charge in [-0.15, -0.1) is 0 Å². The van der Waals surface area contributed by atoms with Crippen LogP contribution in [0.25, 0.3) is 0 Å². The first kappa shape index (κ1) is 18.0. The van der Waals surface area contributed by atoms with Crippen molar-refractivity contribution in [1.29, 1.82) is 0 Å². The van der Waals surface area contributed by atoms with Gasteiger partial charge in [0.1, 0.15) is 0 Å². The molecular weight excluding hydrogens is 220 g/mol. The van der Waals surface area contributed by atoms with Crippen LogP contribution in [0.1, 0.15) is 91.4 Å². The van der Waals surface area contributed by atoms with Gasteiger partial charge >= 0.3 is 0 Å². The Kier molecular flexibility index (Phi) is 10.8. The molecule has 1 N–H and O–H groups in total. The minimum absolute atomic E-state index is 0.0137. The molecule has 0 rings (SSSR count). The number of hydrogen-bond donors (Lipinski definition) is 1. The zero-order chi connectivity index (χ0) is 13.9. The van der Waals surface area contributed by atoms with Crippen LogP contribution >= 0.6 is 0 Å². The van der Waals surface area contributed by atoms with Crippen LogP contribution in [-0.2, 0) is 0 Å². The molecular formula is C17H35O. The molecule has 0 aromatic rings. The lowest BCUT2D eigenvalue weighted by Crippen LogP contribution is -2.26. The number of hydrogen-bond acceptors (Lipinski definition) is 1. The smallest absolute Gasteiger partial charge is 0.0592 e. The minimum atomic E-state index is -0.434. The summed E-state index contributed by atoms with van der Waals surface area (Å²) in [5, 5.41) is 9.51. The largest absolute Gasteiger partial charge is 0.393 e. The molecule has 0 amide bonds. The molecule has 0 aliphatic heterocycles. The second kappa shape index (κ2) is 10.8. The molecule has 0 aliphatic rings. The van der Waals surface area contributed by atoms with Gasteiger partial charge in [0.15, 0.2) is 0 Å². The summed E-state index contributed by atoms with van der Waals surface area (Å²) >= 11 is 0. The number of unbranched alkanes of at least 4 members (excludes halogenated alkanes) is 9. The Bertz CT molecular complexity index is 172. The topological polar surface area (TPSA) is 20.2 Å². The van der Waals surface area contributed by atoms with Crippen LogP contribution < -0.4 is 0 Å². The van der Waals surface area contributed by atoms with E-state index < -0.39 is 6.10 Å². The summed E-state index contributed by atoms with van der Waals surface area (Å²) in [6.45, 7) is 10.2. The molecule has 0 spiro atoms. The predicted molar refractivity (Wildman–Crippen MR) is 81.6 cm³/mol.